The smallest absolute Gasteiger partial charge is 0.507 e. The van der Waals surface area contributed by atoms with Gasteiger partial charge in [-0.15, -0.1) is 18.3 Å². The summed E-state index contributed by atoms with van der Waals surface area (Å²) in [4.78, 5) is 23.2. The number of aliphatic carboxylic acids is 1. The lowest BCUT2D eigenvalue weighted by molar-refractivity contribution is -0.274. The van der Waals surface area contributed by atoms with Crippen LogP contribution in [0.3, 0.4) is 0 Å². The Kier molecular flexibility index (Phi) is 6.09. The number of carboxylic acids is 1. The van der Waals surface area contributed by atoms with Crippen LogP contribution in [-0.2, 0) is 17.9 Å². The maximum atomic E-state index is 12.5. The van der Waals surface area contributed by atoms with E-state index in [0.29, 0.717) is 16.8 Å². The first-order valence-electron chi connectivity index (χ1n) is 8.69. The van der Waals surface area contributed by atoms with Crippen LogP contribution in [0.4, 0.5) is 13.2 Å². The Morgan fingerprint density at radius 3 is 2.48 bits per heavy atom. The lowest BCUT2D eigenvalue weighted by Gasteiger charge is -2.10. The van der Waals surface area contributed by atoms with E-state index in [1.807, 2.05) is 0 Å². The molecule has 0 unspecified atom stereocenters. The molecule has 0 bridgehead atoms. The second-order valence-electron chi connectivity index (χ2n) is 6.30. The second kappa shape index (κ2) is 8.73. The Hall–Kier alpha value is -4.09. The lowest BCUT2D eigenvalue weighted by atomic mass is 10.1. The number of aromatic hydroxyl groups is 1. The van der Waals surface area contributed by atoms with Gasteiger partial charge in [0.25, 0.3) is 5.91 Å². The van der Waals surface area contributed by atoms with Crippen LogP contribution in [0.15, 0.2) is 48.7 Å². The number of nitrogens with zero attached hydrogens (tertiary/aromatic N) is 3. The summed E-state index contributed by atoms with van der Waals surface area (Å²) in [7, 11) is 0. The predicted molar refractivity (Wildman–Crippen MR) is 99.1 cm³/mol. The molecule has 0 aliphatic carbocycles. The van der Waals surface area contributed by atoms with Crippen molar-refractivity contribution in [2.45, 2.75) is 19.5 Å². The molecule has 1 amide bonds. The van der Waals surface area contributed by atoms with Crippen molar-refractivity contribution in [3.05, 3.63) is 59.8 Å². The van der Waals surface area contributed by atoms with Crippen LogP contribution < -0.4 is 10.1 Å². The van der Waals surface area contributed by atoms with Crippen LogP contribution in [0, 0.1) is 0 Å². The third kappa shape index (κ3) is 5.95. The minimum atomic E-state index is -4.79. The molecule has 3 aromatic rings. The normalized spacial score (nSPS) is 11.2. The molecule has 0 fully saturated rings. The van der Waals surface area contributed by atoms with E-state index in [9.17, 15) is 27.9 Å². The highest BCUT2D eigenvalue weighted by Crippen LogP contribution is 2.25. The second-order valence-corrected chi connectivity index (χ2v) is 6.30. The highest BCUT2D eigenvalue weighted by molar-refractivity contribution is 5.98. The van der Waals surface area contributed by atoms with Crippen molar-refractivity contribution in [2.75, 3.05) is 0 Å². The molecule has 3 N–H and O–H groups in total. The highest BCUT2D eigenvalue weighted by Gasteiger charge is 2.30. The van der Waals surface area contributed by atoms with Crippen LogP contribution in [0.1, 0.15) is 15.9 Å². The summed E-state index contributed by atoms with van der Waals surface area (Å²) >= 11 is 0. The Balaban J connectivity index is 1.68. The number of phenols is 1. The fourth-order valence-corrected chi connectivity index (χ4v) is 2.61. The minimum Gasteiger partial charge on any atom is -0.507 e. The number of carbonyl (C=O) groups is 2. The number of carbonyl (C=O) groups excluding carboxylic acids is 1. The molecular weight excluding hydrogens is 421 g/mol. The van der Waals surface area contributed by atoms with Gasteiger partial charge in [-0.25, -0.2) is 4.68 Å². The van der Waals surface area contributed by atoms with E-state index in [1.54, 1.807) is 0 Å². The van der Waals surface area contributed by atoms with E-state index in [1.165, 1.54) is 36.5 Å². The van der Waals surface area contributed by atoms with Crippen molar-refractivity contribution in [3.63, 3.8) is 0 Å². The molecule has 31 heavy (non-hydrogen) atoms. The zero-order valence-electron chi connectivity index (χ0n) is 15.6. The SMILES string of the molecule is O=C(O)Cn1cc(-c2ccc(O)c(C(=O)NCc3ccc(OC(F)(F)F)cc3)c2)nn1. The zero-order valence-corrected chi connectivity index (χ0v) is 15.6. The number of alkyl halides is 3. The largest absolute Gasteiger partial charge is 0.573 e. The zero-order chi connectivity index (χ0) is 22.6. The molecule has 162 valence electrons. The topological polar surface area (TPSA) is 127 Å². The molecule has 1 heterocycles. The molecule has 2 aromatic carbocycles. The number of nitrogens with one attached hydrogen (secondary N) is 1. The number of hydrogen-bond acceptors (Lipinski definition) is 6. The van der Waals surface area contributed by atoms with Gasteiger partial charge < -0.3 is 20.3 Å². The summed E-state index contributed by atoms with van der Waals surface area (Å²) in [6.45, 7) is -0.394. The molecule has 9 nitrogen and oxygen atoms in total. The minimum absolute atomic E-state index is 0.0103. The molecule has 0 radical (unpaired) electrons. The summed E-state index contributed by atoms with van der Waals surface area (Å²) in [5, 5.41) is 28.9. The number of halogens is 3. The summed E-state index contributed by atoms with van der Waals surface area (Å²) < 4.78 is 41.5. The number of amides is 1. The molecule has 0 aliphatic rings. The Bertz CT molecular complexity index is 1100. The van der Waals surface area contributed by atoms with Gasteiger partial charge in [0.1, 0.15) is 23.7 Å². The summed E-state index contributed by atoms with van der Waals surface area (Å²) in [6.07, 6.45) is -3.41. The van der Waals surface area contributed by atoms with E-state index in [0.717, 1.165) is 16.8 Å². The van der Waals surface area contributed by atoms with Gasteiger partial charge in [-0.3, -0.25) is 9.59 Å². The third-order valence-corrected chi connectivity index (χ3v) is 3.98. The molecule has 0 saturated heterocycles. The maximum Gasteiger partial charge on any atom is 0.573 e. The molecule has 0 saturated carbocycles. The lowest BCUT2D eigenvalue weighted by Crippen LogP contribution is -2.23. The Morgan fingerprint density at radius 2 is 1.84 bits per heavy atom. The molecule has 0 atom stereocenters. The van der Waals surface area contributed by atoms with Gasteiger partial charge in [0, 0.05) is 12.1 Å². The summed E-state index contributed by atoms with van der Waals surface area (Å²) in [6, 6.07) is 9.09. The monoisotopic (exact) mass is 436 g/mol. The van der Waals surface area contributed by atoms with Crippen LogP contribution in [-0.4, -0.2) is 43.4 Å². The van der Waals surface area contributed by atoms with Crippen molar-refractivity contribution >= 4 is 11.9 Å². The Morgan fingerprint density at radius 1 is 1.13 bits per heavy atom. The standard InChI is InChI=1S/C19H15F3N4O5/c20-19(21,22)31-13-4-1-11(2-5-13)8-23-18(30)14-7-12(3-6-16(14)27)15-9-26(25-24-15)10-17(28)29/h1-7,9,27H,8,10H2,(H,23,30)(H,28,29). The van der Waals surface area contributed by atoms with Gasteiger partial charge >= 0.3 is 12.3 Å². The van der Waals surface area contributed by atoms with Crippen LogP contribution in [0.5, 0.6) is 11.5 Å². The van der Waals surface area contributed by atoms with Crippen molar-refractivity contribution in [2.24, 2.45) is 0 Å². The average molecular weight is 436 g/mol. The van der Waals surface area contributed by atoms with Crippen molar-refractivity contribution < 1.29 is 37.7 Å². The van der Waals surface area contributed by atoms with Gasteiger partial charge in [0.15, 0.2) is 0 Å². The number of ether oxygens (including phenoxy) is 1. The fraction of sp³-hybridized carbons (Fsp3) is 0.158. The van der Waals surface area contributed by atoms with Gasteiger partial charge in [-0.05, 0) is 35.9 Å². The first-order valence-corrected chi connectivity index (χ1v) is 8.69. The predicted octanol–water partition coefficient (Wildman–Crippen LogP) is 2.56. The van der Waals surface area contributed by atoms with E-state index in [2.05, 4.69) is 20.4 Å². The van der Waals surface area contributed by atoms with Crippen LogP contribution >= 0.6 is 0 Å². The van der Waals surface area contributed by atoms with E-state index in [4.69, 9.17) is 5.11 Å². The molecule has 0 spiro atoms. The summed E-state index contributed by atoms with van der Waals surface area (Å²) in [5.74, 6) is -2.41. The van der Waals surface area contributed by atoms with E-state index in [-0.39, 0.29) is 30.2 Å². The van der Waals surface area contributed by atoms with Crippen LogP contribution in [0.2, 0.25) is 0 Å². The maximum absolute atomic E-state index is 12.5. The first kappa shape index (κ1) is 21.6. The van der Waals surface area contributed by atoms with Crippen molar-refractivity contribution in [3.8, 4) is 22.8 Å². The first-order chi connectivity index (χ1) is 14.6. The third-order valence-electron chi connectivity index (χ3n) is 3.98. The van der Waals surface area contributed by atoms with Crippen LogP contribution in [0.25, 0.3) is 11.3 Å². The number of carboxylic acid groups (broad SMARTS) is 1. The molecule has 0 aliphatic heterocycles. The van der Waals surface area contributed by atoms with Gasteiger partial charge in [0.2, 0.25) is 0 Å². The Labute approximate surface area is 172 Å². The van der Waals surface area contributed by atoms with Crippen molar-refractivity contribution in [1.29, 1.82) is 0 Å². The van der Waals surface area contributed by atoms with Gasteiger partial charge in [-0.2, -0.15) is 0 Å². The van der Waals surface area contributed by atoms with Crippen molar-refractivity contribution in [1.82, 2.24) is 20.3 Å². The van der Waals surface area contributed by atoms with E-state index >= 15 is 0 Å². The molecular formula is C19H15F3N4O5. The molecule has 12 heteroatoms. The van der Waals surface area contributed by atoms with Gasteiger partial charge in [0.05, 0.1) is 11.8 Å². The number of aromatic nitrogens is 3. The molecule has 3 rings (SSSR count). The average Bonchev–Trinajstić information content (AvgIpc) is 3.14. The quantitative estimate of drug-likeness (QED) is 0.520. The number of rotatable bonds is 7. The highest BCUT2D eigenvalue weighted by atomic mass is 19.4. The van der Waals surface area contributed by atoms with E-state index < -0.39 is 18.2 Å². The molecule has 1 aromatic heterocycles. The fourth-order valence-electron chi connectivity index (χ4n) is 2.61. The van der Waals surface area contributed by atoms with Gasteiger partial charge in [-0.1, -0.05) is 17.3 Å². The number of benzene rings is 2. The number of phenolic OH excluding ortho intramolecular Hbond substituents is 1. The number of hydrogen-bond donors (Lipinski definition) is 3. The summed E-state index contributed by atoms with van der Waals surface area (Å²) in [5.41, 5.74) is 1.17.